The van der Waals surface area contributed by atoms with Gasteiger partial charge in [0, 0.05) is 30.3 Å². The van der Waals surface area contributed by atoms with Gasteiger partial charge in [-0.1, -0.05) is 18.5 Å². The highest BCUT2D eigenvalue weighted by Crippen LogP contribution is 2.52. The van der Waals surface area contributed by atoms with Crippen LogP contribution in [0.25, 0.3) is 0 Å². The minimum Gasteiger partial charge on any atom is -0.496 e. The van der Waals surface area contributed by atoms with Gasteiger partial charge >= 0.3 is 0 Å². The summed E-state index contributed by atoms with van der Waals surface area (Å²) in [6.07, 6.45) is 2.37. The molecule has 1 aromatic rings. The van der Waals surface area contributed by atoms with Gasteiger partial charge in [0.15, 0.2) is 15.6 Å². The number of halogens is 1. The summed E-state index contributed by atoms with van der Waals surface area (Å²) in [5, 5.41) is 3.30. The number of nitrogens with one attached hydrogen (secondary N) is 1. The van der Waals surface area contributed by atoms with Gasteiger partial charge in [-0.25, -0.2) is 8.42 Å². The third-order valence-corrected chi connectivity index (χ3v) is 8.45. The van der Waals surface area contributed by atoms with Crippen molar-refractivity contribution in [2.24, 2.45) is 11.8 Å². The van der Waals surface area contributed by atoms with Crippen molar-refractivity contribution >= 4 is 33.0 Å². The van der Waals surface area contributed by atoms with E-state index in [1.807, 2.05) is 0 Å². The van der Waals surface area contributed by atoms with Crippen LogP contribution in [-0.4, -0.2) is 57.9 Å². The van der Waals surface area contributed by atoms with Gasteiger partial charge in [-0.3, -0.25) is 9.59 Å². The van der Waals surface area contributed by atoms with Crippen LogP contribution in [0.3, 0.4) is 0 Å². The molecule has 1 N–H and O–H groups in total. The molecule has 3 aliphatic rings. The first kappa shape index (κ1) is 22.0. The SMILES string of the molecule is COc1cc(OC)c2c(c1Cl)OC1(C(=O)C=C(NCC3CCS(=O)(=O)C3)CC1C)C2=O. The lowest BCUT2D eigenvalue weighted by Gasteiger charge is -2.35. The Bertz CT molecular complexity index is 1100. The zero-order valence-corrected chi connectivity index (χ0v) is 19.1. The summed E-state index contributed by atoms with van der Waals surface area (Å²) >= 11 is 6.37. The first-order chi connectivity index (χ1) is 14.6. The largest absolute Gasteiger partial charge is 0.496 e. The summed E-state index contributed by atoms with van der Waals surface area (Å²) in [4.78, 5) is 26.6. The fraction of sp³-hybridized carbons (Fsp3) is 0.524. The van der Waals surface area contributed by atoms with Crippen molar-refractivity contribution in [3.63, 3.8) is 0 Å². The predicted octanol–water partition coefficient (Wildman–Crippen LogP) is 2.19. The summed E-state index contributed by atoms with van der Waals surface area (Å²) in [6, 6.07) is 1.50. The van der Waals surface area contributed by atoms with Gasteiger partial charge in [-0.2, -0.15) is 0 Å². The molecule has 0 bridgehead atoms. The van der Waals surface area contributed by atoms with Crippen molar-refractivity contribution in [3.05, 3.63) is 28.4 Å². The number of Topliss-reactive ketones (excluding diaryl/α,β-unsaturated/α-hetero) is 1. The van der Waals surface area contributed by atoms with E-state index in [1.165, 1.54) is 26.4 Å². The number of ether oxygens (including phenoxy) is 3. The maximum atomic E-state index is 13.4. The van der Waals surface area contributed by atoms with Gasteiger partial charge in [-0.05, 0) is 18.8 Å². The molecule has 1 spiro atoms. The molecular weight excluding hydrogens is 446 g/mol. The Balaban J connectivity index is 1.61. The Morgan fingerprint density at radius 2 is 1.97 bits per heavy atom. The molecule has 4 rings (SSSR count). The smallest absolute Gasteiger partial charge is 0.236 e. The standard InChI is InChI=1S/C21H24ClNO7S/c1-11-6-13(23-9-12-4-5-31(26,27)10-12)7-16(24)21(11)20(25)17-14(28-2)8-15(29-3)18(22)19(17)30-21/h7-8,11-12,23H,4-6,9-10H2,1-3H3. The third-order valence-electron chi connectivity index (χ3n) is 6.25. The molecule has 1 saturated heterocycles. The van der Waals surface area contributed by atoms with E-state index in [1.54, 1.807) is 6.92 Å². The molecule has 10 heteroatoms. The van der Waals surface area contributed by atoms with E-state index in [-0.39, 0.29) is 45.3 Å². The van der Waals surface area contributed by atoms with Gasteiger partial charge in [0.2, 0.25) is 17.2 Å². The second-order valence-corrected chi connectivity index (χ2v) is 10.9. The molecule has 0 amide bonds. The Kier molecular flexibility index (Phi) is 5.46. The van der Waals surface area contributed by atoms with Gasteiger partial charge < -0.3 is 19.5 Å². The molecule has 168 valence electrons. The topological polar surface area (TPSA) is 108 Å². The molecule has 0 saturated carbocycles. The average molecular weight is 470 g/mol. The minimum absolute atomic E-state index is 0.0105. The van der Waals surface area contributed by atoms with Crippen LogP contribution in [0.15, 0.2) is 17.8 Å². The Morgan fingerprint density at radius 1 is 1.26 bits per heavy atom. The first-order valence-electron chi connectivity index (χ1n) is 10.0. The van der Waals surface area contributed by atoms with Crippen LogP contribution in [0, 0.1) is 11.8 Å². The maximum Gasteiger partial charge on any atom is 0.236 e. The van der Waals surface area contributed by atoms with Crippen molar-refractivity contribution in [2.75, 3.05) is 32.3 Å². The van der Waals surface area contributed by atoms with Crippen molar-refractivity contribution in [3.8, 4) is 17.2 Å². The molecule has 1 aromatic carbocycles. The Hall–Kier alpha value is -2.26. The van der Waals surface area contributed by atoms with E-state index in [9.17, 15) is 18.0 Å². The molecule has 0 radical (unpaired) electrons. The number of sulfone groups is 1. The van der Waals surface area contributed by atoms with E-state index in [2.05, 4.69) is 5.32 Å². The van der Waals surface area contributed by atoms with E-state index in [4.69, 9.17) is 25.8 Å². The molecule has 3 unspecified atom stereocenters. The number of methoxy groups -OCH3 is 2. The maximum absolute atomic E-state index is 13.4. The van der Waals surface area contributed by atoms with E-state index >= 15 is 0 Å². The molecule has 0 aromatic heterocycles. The number of benzene rings is 1. The fourth-order valence-electron chi connectivity index (χ4n) is 4.56. The second-order valence-electron chi connectivity index (χ2n) is 8.25. The summed E-state index contributed by atoms with van der Waals surface area (Å²) in [5.74, 6) is -0.492. The zero-order valence-electron chi connectivity index (χ0n) is 17.5. The van der Waals surface area contributed by atoms with Gasteiger partial charge in [-0.15, -0.1) is 0 Å². The highest BCUT2D eigenvalue weighted by atomic mass is 35.5. The molecule has 2 aliphatic heterocycles. The normalized spacial score (nSPS) is 28.8. The van der Waals surface area contributed by atoms with Crippen molar-refractivity contribution in [1.29, 1.82) is 0 Å². The Morgan fingerprint density at radius 3 is 2.55 bits per heavy atom. The highest BCUT2D eigenvalue weighted by molar-refractivity contribution is 7.91. The molecule has 2 heterocycles. The fourth-order valence-corrected chi connectivity index (χ4v) is 6.69. The van der Waals surface area contributed by atoms with Crippen LogP contribution in [0.2, 0.25) is 5.02 Å². The lowest BCUT2D eigenvalue weighted by Crippen LogP contribution is -2.55. The summed E-state index contributed by atoms with van der Waals surface area (Å²) in [6.45, 7) is 2.23. The summed E-state index contributed by atoms with van der Waals surface area (Å²) in [5.41, 5.74) is -0.919. The number of allylic oxidation sites excluding steroid dienone is 1. The number of rotatable bonds is 5. The van der Waals surface area contributed by atoms with Crippen LogP contribution in [0.5, 0.6) is 17.2 Å². The third kappa shape index (κ3) is 3.47. The van der Waals surface area contributed by atoms with Crippen LogP contribution in [0.4, 0.5) is 0 Å². The van der Waals surface area contributed by atoms with Gasteiger partial charge in [0.25, 0.3) is 0 Å². The zero-order chi connectivity index (χ0) is 22.6. The first-order valence-corrected chi connectivity index (χ1v) is 12.2. The molecular formula is C21H24ClNO7S. The van der Waals surface area contributed by atoms with Gasteiger partial charge in [0.05, 0.1) is 25.7 Å². The van der Waals surface area contributed by atoms with E-state index in [0.717, 1.165) is 0 Å². The van der Waals surface area contributed by atoms with E-state index < -0.39 is 32.9 Å². The van der Waals surface area contributed by atoms with Crippen LogP contribution in [-0.2, 0) is 14.6 Å². The predicted molar refractivity (Wildman–Crippen MR) is 114 cm³/mol. The van der Waals surface area contributed by atoms with Crippen LogP contribution < -0.4 is 19.5 Å². The molecule has 1 fully saturated rings. The van der Waals surface area contributed by atoms with Crippen LogP contribution >= 0.6 is 11.6 Å². The van der Waals surface area contributed by atoms with Crippen LogP contribution in [0.1, 0.15) is 30.1 Å². The number of hydrogen-bond acceptors (Lipinski definition) is 8. The quantitative estimate of drug-likeness (QED) is 0.654. The molecule has 3 atom stereocenters. The number of carbonyl (C=O) groups excluding carboxylic acids is 2. The van der Waals surface area contributed by atoms with E-state index in [0.29, 0.717) is 25.1 Å². The monoisotopic (exact) mass is 469 g/mol. The number of hydrogen-bond donors (Lipinski definition) is 1. The Labute approximate surface area is 185 Å². The highest BCUT2D eigenvalue weighted by Gasteiger charge is 2.60. The lowest BCUT2D eigenvalue weighted by molar-refractivity contribution is -0.129. The average Bonchev–Trinajstić information content (AvgIpc) is 3.23. The number of fused-ring (bicyclic) bond motifs is 1. The van der Waals surface area contributed by atoms with Crippen molar-refractivity contribution in [2.45, 2.75) is 25.4 Å². The number of carbonyl (C=O) groups is 2. The van der Waals surface area contributed by atoms with Crippen molar-refractivity contribution in [1.82, 2.24) is 5.32 Å². The van der Waals surface area contributed by atoms with Gasteiger partial charge in [0.1, 0.15) is 22.1 Å². The lowest BCUT2D eigenvalue weighted by atomic mass is 9.74. The van der Waals surface area contributed by atoms with Crippen molar-refractivity contribution < 1.29 is 32.2 Å². The molecule has 1 aliphatic carbocycles. The molecule has 31 heavy (non-hydrogen) atoms. The second kappa shape index (κ2) is 7.70. The summed E-state index contributed by atoms with van der Waals surface area (Å²) < 4.78 is 39.9. The minimum atomic E-state index is -2.97. The summed E-state index contributed by atoms with van der Waals surface area (Å²) in [7, 11) is -0.118. The molecule has 8 nitrogen and oxygen atoms in total. The number of ketones is 2.